The maximum absolute atomic E-state index is 11.6. The van der Waals surface area contributed by atoms with Crippen LogP contribution in [0.3, 0.4) is 0 Å². The van der Waals surface area contributed by atoms with Crippen LogP contribution in [0.25, 0.3) is 23.1 Å². The number of hydrogen-bond donors (Lipinski definition) is 2. The van der Waals surface area contributed by atoms with E-state index in [4.69, 9.17) is 14.6 Å². The molecule has 0 unspecified atom stereocenters. The zero-order valence-corrected chi connectivity index (χ0v) is 25.1. The summed E-state index contributed by atoms with van der Waals surface area (Å²) in [4.78, 5) is 22.5. The maximum atomic E-state index is 11.6. The molecule has 3 aromatic carbocycles. The molecular formula is C36H41NO6. The van der Waals surface area contributed by atoms with E-state index < -0.39 is 11.9 Å². The van der Waals surface area contributed by atoms with Crippen molar-refractivity contribution in [3.8, 4) is 11.5 Å². The lowest BCUT2D eigenvalue weighted by molar-refractivity contribution is -0.137. The molecule has 43 heavy (non-hydrogen) atoms. The van der Waals surface area contributed by atoms with Crippen LogP contribution in [-0.2, 0) is 29.0 Å². The average Bonchev–Trinajstić information content (AvgIpc) is 3.32. The van der Waals surface area contributed by atoms with E-state index in [0.717, 1.165) is 59.2 Å². The number of carboxylic acids is 2. The van der Waals surface area contributed by atoms with Crippen molar-refractivity contribution in [3.63, 3.8) is 0 Å². The van der Waals surface area contributed by atoms with E-state index in [-0.39, 0.29) is 12.8 Å². The smallest absolute Gasteiger partial charge is 0.307 e. The molecule has 2 N–H and O–H groups in total. The van der Waals surface area contributed by atoms with E-state index >= 15 is 0 Å². The van der Waals surface area contributed by atoms with Crippen molar-refractivity contribution in [3.05, 3.63) is 94.7 Å². The Kier molecular flexibility index (Phi) is 11.4. The molecule has 7 heteroatoms. The number of unbranched alkanes of at least 4 members (excludes halogenated alkanes) is 1. The number of aliphatic carboxylic acids is 2. The number of nitrogens with zero attached hydrogens (tertiary/aromatic N) is 1. The summed E-state index contributed by atoms with van der Waals surface area (Å²) >= 11 is 0. The second kappa shape index (κ2) is 15.6. The molecule has 0 aliphatic carbocycles. The molecule has 0 saturated heterocycles. The minimum atomic E-state index is -0.904. The van der Waals surface area contributed by atoms with Crippen LogP contribution < -0.4 is 9.47 Å². The fourth-order valence-electron chi connectivity index (χ4n) is 5.31. The second-order valence-electron chi connectivity index (χ2n) is 10.8. The van der Waals surface area contributed by atoms with Gasteiger partial charge in [-0.2, -0.15) is 0 Å². The first-order valence-corrected chi connectivity index (χ1v) is 15.0. The van der Waals surface area contributed by atoms with Gasteiger partial charge in [-0.15, -0.1) is 0 Å². The first kappa shape index (κ1) is 31.4. The second-order valence-corrected chi connectivity index (χ2v) is 10.8. The van der Waals surface area contributed by atoms with E-state index in [1.807, 2.05) is 65.4 Å². The van der Waals surface area contributed by atoms with Crippen molar-refractivity contribution < 1.29 is 29.3 Å². The molecule has 7 nitrogen and oxygen atoms in total. The van der Waals surface area contributed by atoms with Crippen LogP contribution in [0.15, 0.2) is 66.9 Å². The quantitative estimate of drug-likeness (QED) is 0.0972. The zero-order valence-electron chi connectivity index (χ0n) is 25.1. The van der Waals surface area contributed by atoms with Gasteiger partial charge in [-0.1, -0.05) is 68.0 Å². The number of benzene rings is 3. The van der Waals surface area contributed by atoms with Crippen LogP contribution in [0.5, 0.6) is 11.5 Å². The Morgan fingerprint density at radius 3 is 2.30 bits per heavy atom. The van der Waals surface area contributed by atoms with Gasteiger partial charge in [0.05, 0.1) is 19.6 Å². The number of fused-ring (bicyclic) bond motifs is 1. The summed E-state index contributed by atoms with van der Waals surface area (Å²) in [5.41, 5.74) is 5.99. The lowest BCUT2D eigenvalue weighted by Gasteiger charge is -2.14. The number of carbonyl (C=O) groups is 2. The predicted molar refractivity (Wildman–Crippen MR) is 171 cm³/mol. The number of rotatable bonds is 17. The third-order valence-corrected chi connectivity index (χ3v) is 7.35. The number of carboxylic acid groups (broad SMARTS) is 2. The third-order valence-electron chi connectivity index (χ3n) is 7.35. The SMILES string of the molecule is CCCc1cccc(C)c1OCCCCOc1ccc(/C=C/c2cccc3c2c(CC(=O)O)cn3CCCC(=O)O)cc1. The summed E-state index contributed by atoms with van der Waals surface area (Å²) in [5.74, 6) is 0.0912. The van der Waals surface area contributed by atoms with E-state index in [1.165, 1.54) is 11.1 Å². The van der Waals surface area contributed by atoms with E-state index in [1.54, 1.807) is 0 Å². The highest BCUT2D eigenvalue weighted by Crippen LogP contribution is 2.29. The topological polar surface area (TPSA) is 98.0 Å². The molecule has 0 radical (unpaired) electrons. The van der Waals surface area contributed by atoms with Crippen molar-refractivity contribution >= 4 is 35.0 Å². The highest BCUT2D eigenvalue weighted by Gasteiger charge is 2.14. The minimum Gasteiger partial charge on any atom is -0.494 e. The van der Waals surface area contributed by atoms with Gasteiger partial charge in [0.25, 0.3) is 0 Å². The van der Waals surface area contributed by atoms with Gasteiger partial charge in [-0.3, -0.25) is 9.59 Å². The van der Waals surface area contributed by atoms with Crippen molar-refractivity contribution in [2.24, 2.45) is 0 Å². The van der Waals surface area contributed by atoms with Gasteiger partial charge in [0, 0.05) is 30.1 Å². The van der Waals surface area contributed by atoms with Crippen LogP contribution in [0.2, 0.25) is 0 Å². The molecule has 226 valence electrons. The Morgan fingerprint density at radius 2 is 1.58 bits per heavy atom. The van der Waals surface area contributed by atoms with Crippen LogP contribution in [0.1, 0.15) is 66.8 Å². The molecule has 0 fully saturated rings. The van der Waals surface area contributed by atoms with Crippen molar-refractivity contribution in [1.82, 2.24) is 4.57 Å². The Hall–Kier alpha value is -4.52. The normalized spacial score (nSPS) is 11.3. The molecule has 0 saturated carbocycles. The van der Waals surface area contributed by atoms with Gasteiger partial charge in [0.2, 0.25) is 0 Å². The Labute approximate surface area is 253 Å². The standard InChI is InChI=1S/C36H41NO6/c1-3-9-29-12-6-10-26(2)36(29)43-23-5-4-22-42-31-19-16-27(17-20-31)15-18-28-11-7-13-32-35(28)30(24-34(40)41)25-37(32)21-8-14-33(38)39/h6-7,10-13,15-20,25H,3-5,8-9,14,21-24H2,1-2H3,(H,38,39)(H,40,41)/b18-15+. The van der Waals surface area contributed by atoms with Crippen molar-refractivity contribution in [1.29, 1.82) is 0 Å². The molecule has 0 spiro atoms. The van der Waals surface area contributed by atoms with Crippen molar-refractivity contribution in [2.45, 2.75) is 65.3 Å². The average molecular weight is 584 g/mol. The summed E-state index contributed by atoms with van der Waals surface area (Å²) < 4.78 is 14.0. The van der Waals surface area contributed by atoms with Crippen molar-refractivity contribution in [2.75, 3.05) is 13.2 Å². The molecule has 0 bridgehead atoms. The van der Waals surface area contributed by atoms with E-state index in [0.29, 0.717) is 31.7 Å². The fraction of sp³-hybridized carbons (Fsp3) is 0.333. The fourth-order valence-corrected chi connectivity index (χ4v) is 5.31. The maximum Gasteiger partial charge on any atom is 0.307 e. The van der Waals surface area contributed by atoms with Gasteiger partial charge >= 0.3 is 11.9 Å². The number of ether oxygens (including phenoxy) is 2. The molecule has 0 amide bonds. The monoisotopic (exact) mass is 583 g/mol. The molecule has 0 aliphatic rings. The first-order valence-electron chi connectivity index (χ1n) is 15.0. The lowest BCUT2D eigenvalue weighted by Crippen LogP contribution is -2.05. The van der Waals surface area contributed by atoms with Gasteiger partial charge in [-0.05, 0) is 78.6 Å². The number of para-hydroxylation sites is 1. The Balaban J connectivity index is 1.33. The minimum absolute atomic E-state index is 0.0650. The van der Waals surface area contributed by atoms with Crippen LogP contribution in [0.4, 0.5) is 0 Å². The van der Waals surface area contributed by atoms with Gasteiger partial charge in [-0.25, -0.2) is 0 Å². The molecular weight excluding hydrogens is 542 g/mol. The first-order chi connectivity index (χ1) is 20.9. The molecule has 4 rings (SSSR count). The molecule has 4 aromatic rings. The lowest BCUT2D eigenvalue weighted by atomic mass is 10.0. The summed E-state index contributed by atoms with van der Waals surface area (Å²) in [6.45, 7) is 6.07. The predicted octanol–water partition coefficient (Wildman–Crippen LogP) is 7.80. The van der Waals surface area contributed by atoms with Gasteiger partial charge in [0.15, 0.2) is 0 Å². The molecule has 0 aliphatic heterocycles. The molecule has 1 aromatic heterocycles. The number of aromatic nitrogens is 1. The Bertz CT molecular complexity index is 1550. The highest BCUT2D eigenvalue weighted by atomic mass is 16.5. The third kappa shape index (κ3) is 8.98. The van der Waals surface area contributed by atoms with Crippen LogP contribution >= 0.6 is 0 Å². The zero-order chi connectivity index (χ0) is 30.6. The summed E-state index contributed by atoms with van der Waals surface area (Å²) in [6.07, 6.45) is 10.2. The number of hydrogen-bond acceptors (Lipinski definition) is 4. The number of aryl methyl sites for hydroxylation is 3. The van der Waals surface area contributed by atoms with E-state index in [2.05, 4.69) is 32.0 Å². The van der Waals surface area contributed by atoms with E-state index in [9.17, 15) is 14.7 Å². The van der Waals surface area contributed by atoms with Crippen LogP contribution in [0, 0.1) is 6.92 Å². The molecule has 1 heterocycles. The summed E-state index contributed by atoms with van der Waals surface area (Å²) in [7, 11) is 0. The summed E-state index contributed by atoms with van der Waals surface area (Å²) in [6, 6.07) is 20.1. The highest BCUT2D eigenvalue weighted by molar-refractivity contribution is 5.96. The van der Waals surface area contributed by atoms with Crippen LogP contribution in [-0.4, -0.2) is 39.9 Å². The van der Waals surface area contributed by atoms with Gasteiger partial charge in [0.1, 0.15) is 11.5 Å². The summed E-state index contributed by atoms with van der Waals surface area (Å²) in [5, 5.41) is 19.4. The van der Waals surface area contributed by atoms with Gasteiger partial charge < -0.3 is 24.3 Å². The molecule has 0 atom stereocenters. The Morgan fingerprint density at radius 1 is 0.837 bits per heavy atom. The largest absolute Gasteiger partial charge is 0.494 e.